The maximum atomic E-state index is 10.8. The molecule has 7 atom stereocenters. The summed E-state index contributed by atoms with van der Waals surface area (Å²) in [5.41, 5.74) is 2.90. The lowest BCUT2D eigenvalue weighted by atomic mass is 9.47. The second-order valence-electron chi connectivity index (χ2n) is 10.4. The fraction of sp³-hybridized carbons (Fsp3) is 0.875. The van der Waals surface area contributed by atoms with Crippen LogP contribution in [0.15, 0.2) is 11.6 Å². The Morgan fingerprint density at radius 2 is 2.00 bits per heavy atom. The number of hydrogen-bond donors (Lipinski definition) is 0. The topological polar surface area (TPSA) is 17.1 Å². The molecule has 0 heterocycles. The van der Waals surface area contributed by atoms with Crippen molar-refractivity contribution < 1.29 is 4.79 Å². The second-order valence-corrected chi connectivity index (χ2v) is 10.4. The highest BCUT2D eigenvalue weighted by Crippen LogP contribution is 2.67. The van der Waals surface area contributed by atoms with Crippen molar-refractivity contribution >= 4 is 6.29 Å². The van der Waals surface area contributed by atoms with E-state index in [0.29, 0.717) is 10.8 Å². The van der Waals surface area contributed by atoms with Crippen molar-refractivity contribution in [3.05, 3.63) is 11.6 Å². The molecular weight excluding hydrogens is 304 g/mol. The van der Waals surface area contributed by atoms with Crippen LogP contribution in [0.4, 0.5) is 0 Å². The number of carbonyl (C=O) groups is 1. The third-order valence-electron chi connectivity index (χ3n) is 9.52. The van der Waals surface area contributed by atoms with Crippen LogP contribution in [0.5, 0.6) is 0 Å². The molecule has 1 heteroatoms. The van der Waals surface area contributed by atoms with Gasteiger partial charge >= 0.3 is 0 Å². The molecule has 4 rings (SSSR count). The van der Waals surface area contributed by atoms with Crippen molar-refractivity contribution in [3.8, 4) is 0 Å². The number of hydrogen-bond acceptors (Lipinski definition) is 1. The first-order chi connectivity index (χ1) is 12.0. The van der Waals surface area contributed by atoms with Gasteiger partial charge in [-0.15, -0.1) is 0 Å². The highest BCUT2D eigenvalue weighted by Gasteiger charge is 2.58. The predicted octanol–water partition coefficient (Wildman–Crippen LogP) is 6.57. The van der Waals surface area contributed by atoms with E-state index in [9.17, 15) is 4.79 Å². The summed E-state index contributed by atoms with van der Waals surface area (Å²) in [5.74, 6) is 4.40. The molecule has 3 saturated carbocycles. The van der Waals surface area contributed by atoms with E-state index >= 15 is 0 Å². The molecule has 3 fully saturated rings. The monoisotopic (exact) mass is 342 g/mol. The van der Waals surface area contributed by atoms with Gasteiger partial charge in [0, 0.05) is 6.42 Å². The Bertz CT molecular complexity index is 548. The third-order valence-corrected chi connectivity index (χ3v) is 9.52. The van der Waals surface area contributed by atoms with Gasteiger partial charge in [0.25, 0.3) is 0 Å². The zero-order valence-corrected chi connectivity index (χ0v) is 16.7. The van der Waals surface area contributed by atoms with E-state index in [1.165, 1.54) is 57.8 Å². The van der Waals surface area contributed by atoms with Gasteiger partial charge < -0.3 is 4.79 Å². The molecule has 0 aromatic rings. The van der Waals surface area contributed by atoms with Gasteiger partial charge in [-0.05, 0) is 98.2 Å². The van der Waals surface area contributed by atoms with E-state index in [1.807, 2.05) is 5.57 Å². The van der Waals surface area contributed by atoms with Crippen molar-refractivity contribution in [2.75, 3.05) is 0 Å². The smallest absolute Gasteiger partial charge is 0.120 e. The average molecular weight is 343 g/mol. The van der Waals surface area contributed by atoms with Crippen LogP contribution in [-0.2, 0) is 4.79 Å². The Morgan fingerprint density at radius 3 is 2.80 bits per heavy atom. The summed E-state index contributed by atoms with van der Waals surface area (Å²) in [7, 11) is 0. The van der Waals surface area contributed by atoms with Gasteiger partial charge in [-0.1, -0.05) is 38.8 Å². The van der Waals surface area contributed by atoms with E-state index in [0.717, 1.165) is 48.7 Å². The average Bonchev–Trinajstić information content (AvgIpc) is 2.96. The molecule has 0 radical (unpaired) electrons. The maximum absolute atomic E-state index is 10.8. The molecule has 25 heavy (non-hydrogen) atoms. The summed E-state index contributed by atoms with van der Waals surface area (Å²) in [6.45, 7) is 7.68. The lowest BCUT2D eigenvalue weighted by Crippen LogP contribution is -2.50. The van der Waals surface area contributed by atoms with Crippen LogP contribution >= 0.6 is 0 Å². The van der Waals surface area contributed by atoms with Crippen LogP contribution < -0.4 is 0 Å². The summed E-state index contributed by atoms with van der Waals surface area (Å²) in [6.07, 6.45) is 18.5. The molecule has 140 valence electrons. The molecule has 0 aromatic heterocycles. The summed E-state index contributed by atoms with van der Waals surface area (Å²) >= 11 is 0. The number of allylic oxidation sites excluding steroid dienone is 2. The standard InChI is InChI=1S/C24H38O/c1-17(7-6-16-25)20-11-12-21-19-10-9-18-8-4-5-14-23(18,2)22(19)13-15-24(20,21)3/h9,16-17,19-22H,4-8,10-15H2,1-3H3/t17-,19+,20-,21+,22+,23+,24-/m1/s1. The lowest BCUT2D eigenvalue weighted by Gasteiger charge is -2.58. The molecule has 4 aliphatic rings. The fourth-order valence-corrected chi connectivity index (χ4v) is 8.21. The molecule has 0 aromatic carbocycles. The number of aldehydes is 1. The van der Waals surface area contributed by atoms with Gasteiger partial charge in [0.05, 0.1) is 0 Å². The molecule has 0 spiro atoms. The van der Waals surface area contributed by atoms with Crippen LogP contribution in [0, 0.1) is 40.4 Å². The highest BCUT2D eigenvalue weighted by molar-refractivity contribution is 5.49. The maximum Gasteiger partial charge on any atom is 0.120 e. The molecule has 0 amide bonds. The molecule has 4 aliphatic carbocycles. The minimum absolute atomic E-state index is 0.531. The van der Waals surface area contributed by atoms with Gasteiger partial charge in [0.15, 0.2) is 0 Å². The fourth-order valence-electron chi connectivity index (χ4n) is 8.21. The van der Waals surface area contributed by atoms with Gasteiger partial charge in [-0.2, -0.15) is 0 Å². The van der Waals surface area contributed by atoms with Crippen molar-refractivity contribution in [2.45, 2.75) is 91.4 Å². The Morgan fingerprint density at radius 1 is 1.16 bits per heavy atom. The van der Waals surface area contributed by atoms with Gasteiger partial charge in [-0.25, -0.2) is 0 Å². The number of carbonyl (C=O) groups excluding carboxylic acids is 1. The first-order valence-electron chi connectivity index (χ1n) is 11.1. The molecule has 0 saturated heterocycles. The molecule has 0 bridgehead atoms. The third kappa shape index (κ3) is 2.67. The zero-order valence-electron chi connectivity index (χ0n) is 16.7. The highest BCUT2D eigenvalue weighted by atomic mass is 16.1. The van der Waals surface area contributed by atoms with Crippen LogP contribution in [-0.4, -0.2) is 6.29 Å². The van der Waals surface area contributed by atoms with Crippen molar-refractivity contribution in [2.24, 2.45) is 40.4 Å². The van der Waals surface area contributed by atoms with Crippen LogP contribution in [0.3, 0.4) is 0 Å². The normalized spacial score (nSPS) is 47.2. The molecular formula is C24H38O. The zero-order chi connectivity index (χ0) is 17.7. The van der Waals surface area contributed by atoms with Gasteiger partial charge in [0.1, 0.15) is 6.29 Å². The predicted molar refractivity (Wildman–Crippen MR) is 104 cm³/mol. The molecule has 1 nitrogen and oxygen atoms in total. The van der Waals surface area contributed by atoms with E-state index < -0.39 is 0 Å². The van der Waals surface area contributed by atoms with Crippen LogP contribution in [0.25, 0.3) is 0 Å². The SMILES string of the molecule is C[C@H](CCC=O)[C@H]1CC[C@H]2[C@@H]3CC=C4CCCC[C@]4(C)[C@H]3CC[C@]12C. The summed E-state index contributed by atoms with van der Waals surface area (Å²) in [4.78, 5) is 10.8. The minimum Gasteiger partial charge on any atom is -0.303 e. The van der Waals surface area contributed by atoms with Crippen molar-refractivity contribution in [3.63, 3.8) is 0 Å². The second kappa shape index (κ2) is 6.54. The Labute approximate surface area is 155 Å². The molecule has 0 aliphatic heterocycles. The van der Waals surface area contributed by atoms with E-state index in [4.69, 9.17) is 0 Å². The molecule has 0 unspecified atom stereocenters. The largest absolute Gasteiger partial charge is 0.303 e. The van der Waals surface area contributed by atoms with Crippen LogP contribution in [0.2, 0.25) is 0 Å². The van der Waals surface area contributed by atoms with E-state index in [1.54, 1.807) is 0 Å². The number of rotatable bonds is 4. The van der Waals surface area contributed by atoms with Crippen molar-refractivity contribution in [1.82, 2.24) is 0 Å². The Kier molecular flexibility index (Phi) is 4.66. The van der Waals surface area contributed by atoms with Gasteiger partial charge in [0.2, 0.25) is 0 Å². The van der Waals surface area contributed by atoms with Crippen LogP contribution in [0.1, 0.15) is 91.4 Å². The Hall–Kier alpha value is -0.590. The first kappa shape index (κ1) is 17.8. The van der Waals surface area contributed by atoms with E-state index in [-0.39, 0.29) is 0 Å². The summed E-state index contributed by atoms with van der Waals surface area (Å²) in [6, 6.07) is 0. The first-order valence-corrected chi connectivity index (χ1v) is 11.1. The minimum atomic E-state index is 0.531. The van der Waals surface area contributed by atoms with Gasteiger partial charge in [-0.3, -0.25) is 0 Å². The van der Waals surface area contributed by atoms with Crippen molar-refractivity contribution in [1.29, 1.82) is 0 Å². The molecule has 0 N–H and O–H groups in total. The summed E-state index contributed by atoms with van der Waals surface area (Å²) in [5, 5.41) is 0. The Balaban J connectivity index is 1.57. The number of fused-ring (bicyclic) bond motifs is 5. The van der Waals surface area contributed by atoms with E-state index in [2.05, 4.69) is 26.8 Å². The lowest BCUT2D eigenvalue weighted by molar-refractivity contribution is -0.108. The quantitative estimate of drug-likeness (QED) is 0.417. The summed E-state index contributed by atoms with van der Waals surface area (Å²) < 4.78 is 0.